The highest BCUT2D eigenvalue weighted by molar-refractivity contribution is 5.26. The summed E-state index contributed by atoms with van der Waals surface area (Å²) in [5, 5.41) is 12.5. The fraction of sp³-hybridized carbons (Fsp3) is 0.455. The van der Waals surface area contributed by atoms with E-state index in [0.29, 0.717) is 11.8 Å². The lowest BCUT2D eigenvalue weighted by molar-refractivity contribution is 0.0770. The molecule has 1 aliphatic rings. The Bertz CT molecular complexity index is 278. The molecule has 2 N–H and O–H groups in total. The summed E-state index contributed by atoms with van der Waals surface area (Å²) in [6, 6.07) is 7.75. The molecular weight excluding hydrogens is 178 g/mol. The SMILES string of the molecule is Oc1ccc(CC2COCCN2)cc1. The first kappa shape index (κ1) is 9.49. The number of benzene rings is 1. The van der Waals surface area contributed by atoms with Gasteiger partial charge in [-0.05, 0) is 24.1 Å². The predicted molar refractivity (Wildman–Crippen MR) is 54.4 cm³/mol. The highest BCUT2D eigenvalue weighted by Crippen LogP contribution is 2.11. The van der Waals surface area contributed by atoms with Gasteiger partial charge in [0.05, 0.1) is 13.2 Å². The lowest BCUT2D eigenvalue weighted by atomic mass is 10.1. The normalized spacial score (nSPS) is 22.1. The van der Waals surface area contributed by atoms with Crippen LogP contribution in [0.4, 0.5) is 0 Å². The maximum atomic E-state index is 9.12. The molecule has 1 saturated heterocycles. The molecular formula is C11H15NO2. The molecule has 0 spiro atoms. The average molecular weight is 193 g/mol. The molecule has 3 nitrogen and oxygen atoms in total. The topological polar surface area (TPSA) is 41.5 Å². The van der Waals surface area contributed by atoms with Gasteiger partial charge in [-0.15, -0.1) is 0 Å². The van der Waals surface area contributed by atoms with Gasteiger partial charge in [0.1, 0.15) is 5.75 Å². The Morgan fingerprint density at radius 1 is 1.36 bits per heavy atom. The number of ether oxygens (including phenoxy) is 1. The number of rotatable bonds is 2. The van der Waals surface area contributed by atoms with Gasteiger partial charge in [0.15, 0.2) is 0 Å². The van der Waals surface area contributed by atoms with E-state index in [2.05, 4.69) is 5.32 Å². The van der Waals surface area contributed by atoms with Crippen LogP contribution in [0, 0.1) is 0 Å². The van der Waals surface area contributed by atoms with Crippen LogP contribution in [0.2, 0.25) is 0 Å². The van der Waals surface area contributed by atoms with Gasteiger partial charge in [-0.1, -0.05) is 12.1 Å². The van der Waals surface area contributed by atoms with Crippen LogP contribution in [-0.2, 0) is 11.2 Å². The van der Waals surface area contributed by atoms with Crippen molar-refractivity contribution in [3.8, 4) is 5.75 Å². The molecule has 1 fully saturated rings. The molecule has 76 valence electrons. The van der Waals surface area contributed by atoms with Crippen molar-refractivity contribution in [1.29, 1.82) is 0 Å². The number of morpholine rings is 1. The predicted octanol–water partition coefficient (Wildman–Crippen LogP) is 0.923. The van der Waals surface area contributed by atoms with Crippen molar-refractivity contribution in [2.75, 3.05) is 19.8 Å². The van der Waals surface area contributed by atoms with Crippen molar-refractivity contribution < 1.29 is 9.84 Å². The first-order chi connectivity index (χ1) is 6.84. The summed E-state index contributed by atoms with van der Waals surface area (Å²) >= 11 is 0. The molecule has 0 saturated carbocycles. The van der Waals surface area contributed by atoms with E-state index in [4.69, 9.17) is 9.84 Å². The summed E-state index contributed by atoms with van der Waals surface area (Å²) in [5.41, 5.74) is 1.23. The fourth-order valence-electron chi connectivity index (χ4n) is 1.67. The van der Waals surface area contributed by atoms with Gasteiger partial charge in [0.2, 0.25) is 0 Å². The second kappa shape index (κ2) is 4.44. The highest BCUT2D eigenvalue weighted by Gasteiger charge is 2.12. The Hall–Kier alpha value is -1.06. The quantitative estimate of drug-likeness (QED) is 0.734. The van der Waals surface area contributed by atoms with Crippen molar-refractivity contribution in [1.82, 2.24) is 5.32 Å². The van der Waals surface area contributed by atoms with E-state index in [9.17, 15) is 0 Å². The molecule has 1 unspecified atom stereocenters. The summed E-state index contributed by atoms with van der Waals surface area (Å²) in [4.78, 5) is 0. The molecule has 1 aliphatic heterocycles. The molecule has 1 atom stereocenters. The molecule has 0 bridgehead atoms. The molecule has 0 radical (unpaired) electrons. The lowest BCUT2D eigenvalue weighted by Gasteiger charge is -2.23. The molecule has 0 aromatic heterocycles. The van der Waals surface area contributed by atoms with E-state index in [-0.39, 0.29) is 0 Å². The third-order valence-corrected chi connectivity index (χ3v) is 2.42. The number of phenols is 1. The van der Waals surface area contributed by atoms with Crippen molar-refractivity contribution in [2.45, 2.75) is 12.5 Å². The van der Waals surface area contributed by atoms with Gasteiger partial charge in [0, 0.05) is 12.6 Å². The van der Waals surface area contributed by atoms with Crippen LogP contribution in [-0.4, -0.2) is 30.9 Å². The Balaban J connectivity index is 1.92. The molecule has 1 aromatic rings. The highest BCUT2D eigenvalue weighted by atomic mass is 16.5. The van der Waals surface area contributed by atoms with Gasteiger partial charge < -0.3 is 15.2 Å². The van der Waals surface area contributed by atoms with E-state index in [1.165, 1.54) is 5.56 Å². The van der Waals surface area contributed by atoms with Crippen LogP contribution in [0.25, 0.3) is 0 Å². The van der Waals surface area contributed by atoms with Gasteiger partial charge in [-0.25, -0.2) is 0 Å². The summed E-state index contributed by atoms with van der Waals surface area (Å²) in [6.07, 6.45) is 0.959. The molecule has 1 aromatic carbocycles. The summed E-state index contributed by atoms with van der Waals surface area (Å²) < 4.78 is 5.37. The third-order valence-electron chi connectivity index (χ3n) is 2.42. The standard InChI is InChI=1S/C11H15NO2/c13-11-3-1-9(2-4-11)7-10-8-14-6-5-12-10/h1-4,10,12-13H,5-8H2. The zero-order chi connectivity index (χ0) is 9.80. The van der Waals surface area contributed by atoms with Crippen molar-refractivity contribution >= 4 is 0 Å². The van der Waals surface area contributed by atoms with Gasteiger partial charge in [-0.2, -0.15) is 0 Å². The second-order valence-electron chi connectivity index (χ2n) is 3.60. The van der Waals surface area contributed by atoms with Crippen LogP contribution in [0.5, 0.6) is 5.75 Å². The van der Waals surface area contributed by atoms with Crippen LogP contribution in [0.3, 0.4) is 0 Å². The number of hydrogen-bond donors (Lipinski definition) is 2. The summed E-state index contributed by atoms with van der Waals surface area (Å²) in [7, 11) is 0. The Kier molecular flexibility index (Phi) is 3.01. The number of nitrogens with one attached hydrogen (secondary N) is 1. The Labute approximate surface area is 83.7 Å². The van der Waals surface area contributed by atoms with Gasteiger partial charge >= 0.3 is 0 Å². The van der Waals surface area contributed by atoms with E-state index in [1.54, 1.807) is 12.1 Å². The lowest BCUT2D eigenvalue weighted by Crippen LogP contribution is -2.42. The molecule has 0 aliphatic carbocycles. The monoisotopic (exact) mass is 193 g/mol. The van der Waals surface area contributed by atoms with Crippen LogP contribution < -0.4 is 5.32 Å². The minimum absolute atomic E-state index is 0.321. The van der Waals surface area contributed by atoms with E-state index < -0.39 is 0 Å². The maximum Gasteiger partial charge on any atom is 0.115 e. The molecule has 1 heterocycles. The zero-order valence-electron chi connectivity index (χ0n) is 8.07. The number of phenolic OH excluding ortho intramolecular Hbond substituents is 1. The molecule has 3 heteroatoms. The number of aromatic hydroxyl groups is 1. The van der Waals surface area contributed by atoms with Crippen LogP contribution in [0.15, 0.2) is 24.3 Å². The smallest absolute Gasteiger partial charge is 0.115 e. The Morgan fingerprint density at radius 2 is 2.14 bits per heavy atom. The van der Waals surface area contributed by atoms with E-state index in [1.807, 2.05) is 12.1 Å². The first-order valence-electron chi connectivity index (χ1n) is 4.93. The van der Waals surface area contributed by atoms with Crippen molar-refractivity contribution in [2.24, 2.45) is 0 Å². The molecule has 0 amide bonds. The van der Waals surface area contributed by atoms with E-state index in [0.717, 1.165) is 26.2 Å². The summed E-state index contributed by atoms with van der Waals surface area (Å²) in [6.45, 7) is 2.52. The number of hydrogen-bond acceptors (Lipinski definition) is 3. The first-order valence-corrected chi connectivity index (χ1v) is 4.93. The van der Waals surface area contributed by atoms with Crippen molar-refractivity contribution in [3.63, 3.8) is 0 Å². The van der Waals surface area contributed by atoms with Gasteiger partial charge in [0.25, 0.3) is 0 Å². The summed E-state index contributed by atoms with van der Waals surface area (Å²) in [5.74, 6) is 0.321. The maximum absolute atomic E-state index is 9.12. The van der Waals surface area contributed by atoms with Gasteiger partial charge in [-0.3, -0.25) is 0 Å². The van der Waals surface area contributed by atoms with Crippen LogP contribution in [0.1, 0.15) is 5.56 Å². The molecule has 14 heavy (non-hydrogen) atoms. The minimum Gasteiger partial charge on any atom is -0.508 e. The fourth-order valence-corrected chi connectivity index (χ4v) is 1.67. The minimum atomic E-state index is 0.321. The average Bonchev–Trinajstić information content (AvgIpc) is 2.23. The van der Waals surface area contributed by atoms with Crippen molar-refractivity contribution in [3.05, 3.63) is 29.8 Å². The largest absolute Gasteiger partial charge is 0.508 e. The Morgan fingerprint density at radius 3 is 2.79 bits per heavy atom. The molecule has 2 rings (SSSR count). The zero-order valence-corrected chi connectivity index (χ0v) is 8.07. The van der Waals surface area contributed by atoms with E-state index >= 15 is 0 Å². The second-order valence-corrected chi connectivity index (χ2v) is 3.60. The third kappa shape index (κ3) is 2.47. The van der Waals surface area contributed by atoms with Crippen LogP contribution >= 0.6 is 0 Å².